The van der Waals surface area contributed by atoms with Crippen LogP contribution in [0.1, 0.15) is 36.4 Å². The van der Waals surface area contributed by atoms with Crippen LogP contribution in [0.3, 0.4) is 0 Å². The topological polar surface area (TPSA) is 41.1 Å². The van der Waals surface area contributed by atoms with Crippen molar-refractivity contribution in [2.75, 3.05) is 11.9 Å². The molecule has 1 heterocycles. The molecule has 3 nitrogen and oxygen atoms in total. The summed E-state index contributed by atoms with van der Waals surface area (Å²) in [4.78, 5) is 12.3. The summed E-state index contributed by atoms with van der Waals surface area (Å²) in [6.07, 6.45) is 0.529. The predicted molar refractivity (Wildman–Crippen MR) is 85.3 cm³/mol. The third kappa shape index (κ3) is 3.07. The first kappa shape index (κ1) is 13.7. The number of nitrogens with one attached hydrogen (secondary N) is 2. The second-order valence-corrected chi connectivity index (χ2v) is 5.57. The minimum atomic E-state index is 0.0447. The highest BCUT2D eigenvalue weighted by Crippen LogP contribution is 2.33. The van der Waals surface area contributed by atoms with Crippen LogP contribution in [0, 0.1) is 0 Å². The molecule has 0 spiro atoms. The van der Waals surface area contributed by atoms with Gasteiger partial charge in [0.15, 0.2) is 0 Å². The normalized spacial score (nSPS) is 17.7. The van der Waals surface area contributed by atoms with Gasteiger partial charge in [0.2, 0.25) is 5.91 Å². The molecular weight excluding hydrogens is 260 g/mol. The zero-order valence-corrected chi connectivity index (χ0v) is 12.2. The summed E-state index contributed by atoms with van der Waals surface area (Å²) in [6, 6.07) is 18.3. The second-order valence-electron chi connectivity index (χ2n) is 5.57. The van der Waals surface area contributed by atoms with Crippen molar-refractivity contribution in [1.82, 2.24) is 5.32 Å². The molecule has 21 heavy (non-hydrogen) atoms. The Kier molecular flexibility index (Phi) is 3.91. The summed E-state index contributed by atoms with van der Waals surface area (Å²) in [5.41, 5.74) is 3.54. The number of carbonyl (C=O) groups is 1. The minimum Gasteiger partial charge on any atom is -0.384 e. The molecule has 0 saturated carbocycles. The fourth-order valence-corrected chi connectivity index (χ4v) is 2.89. The van der Waals surface area contributed by atoms with Crippen LogP contribution in [-0.4, -0.2) is 12.5 Å². The Hall–Kier alpha value is -2.29. The van der Waals surface area contributed by atoms with Crippen molar-refractivity contribution in [2.45, 2.75) is 25.3 Å². The molecular formula is C18H20N2O. The van der Waals surface area contributed by atoms with Crippen LogP contribution < -0.4 is 10.6 Å². The van der Waals surface area contributed by atoms with E-state index in [4.69, 9.17) is 0 Å². The SMILES string of the molecule is CC(NC(=O)CC1CNc2ccccc21)c1ccccc1. The smallest absolute Gasteiger partial charge is 0.221 e. The maximum Gasteiger partial charge on any atom is 0.221 e. The molecule has 0 bridgehead atoms. The van der Waals surface area contributed by atoms with Gasteiger partial charge >= 0.3 is 0 Å². The third-order valence-corrected chi connectivity index (χ3v) is 4.05. The molecule has 0 aromatic heterocycles. The highest BCUT2D eigenvalue weighted by molar-refractivity contribution is 5.78. The second kappa shape index (κ2) is 6.00. The lowest BCUT2D eigenvalue weighted by Gasteiger charge is -2.16. The molecule has 1 aliphatic rings. The number of fused-ring (bicyclic) bond motifs is 1. The molecule has 2 N–H and O–H groups in total. The van der Waals surface area contributed by atoms with E-state index in [9.17, 15) is 4.79 Å². The molecule has 0 aliphatic carbocycles. The summed E-state index contributed by atoms with van der Waals surface area (Å²) < 4.78 is 0. The Bertz CT molecular complexity index is 624. The van der Waals surface area contributed by atoms with Gasteiger partial charge in [-0.25, -0.2) is 0 Å². The Morgan fingerprint density at radius 3 is 2.71 bits per heavy atom. The summed E-state index contributed by atoms with van der Waals surface area (Å²) >= 11 is 0. The Labute approximate surface area is 125 Å². The maximum absolute atomic E-state index is 12.3. The lowest BCUT2D eigenvalue weighted by molar-refractivity contribution is -0.122. The molecule has 2 aromatic rings. The molecule has 3 rings (SSSR count). The summed E-state index contributed by atoms with van der Waals surface area (Å²) in [7, 11) is 0. The number of anilines is 1. The molecule has 2 aromatic carbocycles. The van der Waals surface area contributed by atoms with E-state index in [0.29, 0.717) is 6.42 Å². The lowest BCUT2D eigenvalue weighted by atomic mass is 9.97. The summed E-state index contributed by atoms with van der Waals surface area (Å²) in [5, 5.41) is 6.45. The van der Waals surface area contributed by atoms with E-state index in [1.54, 1.807) is 0 Å². The molecule has 3 heteroatoms. The first-order valence-electron chi connectivity index (χ1n) is 7.41. The number of hydrogen-bond donors (Lipinski definition) is 2. The van der Waals surface area contributed by atoms with E-state index in [1.807, 2.05) is 49.4 Å². The molecule has 108 valence electrons. The van der Waals surface area contributed by atoms with Crippen LogP contribution in [0.4, 0.5) is 5.69 Å². The van der Waals surface area contributed by atoms with E-state index in [0.717, 1.165) is 17.8 Å². The van der Waals surface area contributed by atoms with Crippen molar-refractivity contribution in [2.24, 2.45) is 0 Å². The number of para-hydroxylation sites is 1. The van der Waals surface area contributed by atoms with Crippen LogP contribution in [-0.2, 0) is 4.79 Å². The molecule has 2 unspecified atom stereocenters. The van der Waals surface area contributed by atoms with Gasteiger partial charge in [-0.2, -0.15) is 0 Å². The fourth-order valence-electron chi connectivity index (χ4n) is 2.89. The van der Waals surface area contributed by atoms with Crippen LogP contribution in [0.15, 0.2) is 54.6 Å². The molecule has 0 radical (unpaired) electrons. The van der Waals surface area contributed by atoms with Gasteiger partial charge < -0.3 is 10.6 Å². The third-order valence-electron chi connectivity index (χ3n) is 4.05. The van der Waals surface area contributed by atoms with Crippen LogP contribution in [0.25, 0.3) is 0 Å². The Morgan fingerprint density at radius 1 is 1.19 bits per heavy atom. The van der Waals surface area contributed by atoms with Gasteiger partial charge in [0.05, 0.1) is 6.04 Å². The monoisotopic (exact) mass is 280 g/mol. The highest BCUT2D eigenvalue weighted by Gasteiger charge is 2.24. The Balaban J connectivity index is 1.61. The van der Waals surface area contributed by atoms with Gasteiger partial charge in [0.25, 0.3) is 0 Å². The van der Waals surface area contributed by atoms with Crippen molar-refractivity contribution in [3.05, 3.63) is 65.7 Å². The lowest BCUT2D eigenvalue weighted by Crippen LogP contribution is -2.28. The molecule has 2 atom stereocenters. The summed E-state index contributed by atoms with van der Waals surface area (Å²) in [5.74, 6) is 0.374. The molecule has 0 saturated heterocycles. The average molecular weight is 280 g/mol. The fraction of sp³-hybridized carbons (Fsp3) is 0.278. The van der Waals surface area contributed by atoms with E-state index in [2.05, 4.69) is 22.8 Å². The molecule has 1 aliphatic heterocycles. The standard InChI is InChI=1S/C18H20N2O/c1-13(14-7-3-2-4-8-14)20-18(21)11-15-12-19-17-10-6-5-9-16(15)17/h2-10,13,15,19H,11-12H2,1H3,(H,20,21). The van der Waals surface area contributed by atoms with Crippen LogP contribution >= 0.6 is 0 Å². The van der Waals surface area contributed by atoms with Gasteiger partial charge in [0.1, 0.15) is 0 Å². The number of hydrogen-bond acceptors (Lipinski definition) is 2. The van der Waals surface area contributed by atoms with E-state index in [-0.39, 0.29) is 17.9 Å². The first-order chi connectivity index (χ1) is 10.2. The van der Waals surface area contributed by atoms with Crippen molar-refractivity contribution < 1.29 is 4.79 Å². The summed E-state index contributed by atoms with van der Waals surface area (Å²) in [6.45, 7) is 2.86. The number of benzene rings is 2. The zero-order valence-electron chi connectivity index (χ0n) is 12.2. The van der Waals surface area contributed by atoms with Crippen molar-refractivity contribution >= 4 is 11.6 Å². The number of amides is 1. The quantitative estimate of drug-likeness (QED) is 0.900. The average Bonchev–Trinajstić information content (AvgIpc) is 2.91. The first-order valence-corrected chi connectivity index (χ1v) is 7.41. The highest BCUT2D eigenvalue weighted by atomic mass is 16.1. The van der Waals surface area contributed by atoms with E-state index < -0.39 is 0 Å². The van der Waals surface area contributed by atoms with Gasteiger partial charge in [-0.15, -0.1) is 0 Å². The largest absolute Gasteiger partial charge is 0.384 e. The number of rotatable bonds is 4. The van der Waals surface area contributed by atoms with E-state index in [1.165, 1.54) is 5.56 Å². The van der Waals surface area contributed by atoms with Gasteiger partial charge in [-0.05, 0) is 24.1 Å². The predicted octanol–water partition coefficient (Wildman–Crippen LogP) is 3.46. The molecule has 1 amide bonds. The minimum absolute atomic E-state index is 0.0447. The van der Waals surface area contributed by atoms with Gasteiger partial charge in [-0.1, -0.05) is 48.5 Å². The van der Waals surface area contributed by atoms with Crippen molar-refractivity contribution in [3.8, 4) is 0 Å². The van der Waals surface area contributed by atoms with Crippen LogP contribution in [0.2, 0.25) is 0 Å². The van der Waals surface area contributed by atoms with Crippen molar-refractivity contribution in [1.29, 1.82) is 0 Å². The Morgan fingerprint density at radius 2 is 1.90 bits per heavy atom. The van der Waals surface area contributed by atoms with E-state index >= 15 is 0 Å². The maximum atomic E-state index is 12.3. The molecule has 0 fully saturated rings. The van der Waals surface area contributed by atoms with Gasteiger partial charge in [-0.3, -0.25) is 4.79 Å². The zero-order chi connectivity index (χ0) is 14.7. The van der Waals surface area contributed by atoms with Gasteiger partial charge in [0, 0.05) is 24.6 Å². The number of carbonyl (C=O) groups excluding carboxylic acids is 1. The van der Waals surface area contributed by atoms with Crippen molar-refractivity contribution in [3.63, 3.8) is 0 Å². The van der Waals surface area contributed by atoms with Crippen LogP contribution in [0.5, 0.6) is 0 Å².